The van der Waals surface area contributed by atoms with Crippen LogP contribution in [0, 0.1) is 11.8 Å². The number of hydrogen-bond donors (Lipinski definition) is 3. The van der Waals surface area contributed by atoms with Crippen molar-refractivity contribution in [1.29, 1.82) is 0 Å². The Labute approximate surface area is 254 Å². The molecule has 8 rings (SSSR count). The lowest BCUT2D eigenvalue weighted by atomic mass is 10.1. The van der Waals surface area contributed by atoms with Gasteiger partial charge in [-0.25, -0.2) is 9.97 Å². The highest BCUT2D eigenvalue weighted by molar-refractivity contribution is 6.00. The molecule has 2 saturated carbocycles. The van der Waals surface area contributed by atoms with Gasteiger partial charge in [-0.1, -0.05) is 0 Å². The van der Waals surface area contributed by atoms with Crippen molar-refractivity contribution < 1.29 is 14.6 Å². The maximum absolute atomic E-state index is 13.7. The molecule has 0 unspecified atom stereocenters. The number of aliphatic hydroxyl groups excluding tert-OH is 1. The molecule has 11 nitrogen and oxygen atoms in total. The molecule has 4 N–H and O–H groups in total. The summed E-state index contributed by atoms with van der Waals surface area (Å²) in [5.74, 6) is 3.06. The number of aliphatic hydroxyl groups is 1. The molecule has 1 aliphatic heterocycles. The summed E-state index contributed by atoms with van der Waals surface area (Å²) in [5.41, 5.74) is 11.8. The molecule has 1 aromatic carbocycles. The van der Waals surface area contributed by atoms with E-state index in [0.29, 0.717) is 46.6 Å². The number of carbonyl (C=O) groups is 1. The smallest absolute Gasteiger partial charge is 0.254 e. The van der Waals surface area contributed by atoms with E-state index in [2.05, 4.69) is 31.6 Å². The predicted octanol–water partition coefficient (Wildman–Crippen LogP) is 4.20. The number of anilines is 2. The molecule has 0 radical (unpaired) electrons. The molecule has 2 bridgehead atoms. The average Bonchev–Trinajstić information content (AvgIpc) is 3.45. The SMILES string of the molecule is COc1cc(C(=O)N2C[C@H]3CC[C@@H]2[C@@H]3N)cc2nc(-c3cc4ccc(Nc5ccncc5CO)nc4n3CC3CC3)n(C)c12. The number of likely N-dealkylation sites (tertiary alicyclic amines) is 1. The monoisotopic (exact) mass is 592 g/mol. The van der Waals surface area contributed by atoms with Crippen LogP contribution in [0.3, 0.4) is 0 Å². The molecular weight excluding hydrogens is 556 g/mol. The van der Waals surface area contributed by atoms with E-state index in [0.717, 1.165) is 53.1 Å². The Morgan fingerprint density at radius 2 is 2.00 bits per heavy atom. The van der Waals surface area contributed by atoms with Gasteiger partial charge in [0.15, 0.2) is 5.82 Å². The summed E-state index contributed by atoms with van der Waals surface area (Å²) in [5, 5.41) is 14.1. The summed E-state index contributed by atoms with van der Waals surface area (Å²) in [6, 6.07) is 11.9. The average molecular weight is 593 g/mol. The van der Waals surface area contributed by atoms with Crippen LogP contribution in [0.5, 0.6) is 5.75 Å². The minimum atomic E-state index is -0.114. The largest absolute Gasteiger partial charge is 0.494 e. The number of nitrogens with one attached hydrogen (secondary N) is 1. The van der Waals surface area contributed by atoms with Crippen molar-refractivity contribution in [2.45, 2.75) is 50.9 Å². The van der Waals surface area contributed by atoms with Crippen LogP contribution >= 0.6 is 0 Å². The van der Waals surface area contributed by atoms with E-state index < -0.39 is 0 Å². The van der Waals surface area contributed by atoms with Gasteiger partial charge in [-0.15, -0.1) is 0 Å². The first-order valence-corrected chi connectivity index (χ1v) is 15.4. The van der Waals surface area contributed by atoms with Gasteiger partial charge in [0.25, 0.3) is 5.91 Å². The van der Waals surface area contributed by atoms with Crippen LogP contribution in [-0.4, -0.2) is 65.7 Å². The standard InChI is InChI=1S/C33H36N8O3/c1-39-30-24(11-21(13-27(30)44-2)33(43)41-16-20-5-7-25(41)29(20)34)37-32(39)26-12-19-6-8-28(36-23-9-10-35-14-22(23)17-42)38-31(19)40(26)15-18-3-4-18/h6,8-14,18,20,25,29,42H,3-5,7,15-17,34H2,1-2H3,(H,35,36,38)/t20-,25-,29-/m1/s1. The molecule has 226 valence electrons. The first-order valence-electron chi connectivity index (χ1n) is 15.4. The van der Waals surface area contributed by atoms with Crippen molar-refractivity contribution in [3.05, 3.63) is 59.9 Å². The molecule has 4 aromatic heterocycles. The molecule has 1 amide bonds. The van der Waals surface area contributed by atoms with Crippen LogP contribution in [-0.2, 0) is 20.2 Å². The van der Waals surface area contributed by atoms with Gasteiger partial charge >= 0.3 is 0 Å². The number of aromatic nitrogens is 5. The fraction of sp³-hybridized carbons (Fsp3) is 0.394. The van der Waals surface area contributed by atoms with Crippen LogP contribution in [0.2, 0.25) is 0 Å². The van der Waals surface area contributed by atoms with Gasteiger partial charge in [0, 0.05) is 66.8 Å². The third-order valence-electron chi connectivity index (χ3n) is 9.76. The van der Waals surface area contributed by atoms with Gasteiger partial charge in [0.05, 0.1) is 24.9 Å². The van der Waals surface area contributed by atoms with Gasteiger partial charge in [0.1, 0.15) is 22.7 Å². The number of methoxy groups -OCH3 is 1. The molecule has 1 saturated heterocycles. The molecule has 2 aliphatic carbocycles. The van der Waals surface area contributed by atoms with Crippen LogP contribution in [0.25, 0.3) is 33.6 Å². The molecule has 3 aliphatic rings. The van der Waals surface area contributed by atoms with Crippen molar-refractivity contribution in [3.8, 4) is 17.3 Å². The number of piperidine rings is 1. The number of aryl methyl sites for hydroxylation is 1. The second-order valence-corrected chi connectivity index (χ2v) is 12.5. The lowest BCUT2D eigenvalue weighted by Crippen LogP contribution is -2.41. The predicted molar refractivity (Wildman–Crippen MR) is 168 cm³/mol. The zero-order chi connectivity index (χ0) is 30.1. The number of carbonyl (C=O) groups excluding carboxylic acids is 1. The molecule has 44 heavy (non-hydrogen) atoms. The summed E-state index contributed by atoms with van der Waals surface area (Å²) < 4.78 is 10.2. The summed E-state index contributed by atoms with van der Waals surface area (Å²) in [4.78, 5) is 29.9. The third kappa shape index (κ3) is 4.33. The van der Waals surface area contributed by atoms with Gasteiger partial charge in [0.2, 0.25) is 0 Å². The number of pyridine rings is 2. The van der Waals surface area contributed by atoms with E-state index in [1.165, 1.54) is 12.8 Å². The first-order chi connectivity index (χ1) is 21.4. The Balaban J connectivity index is 1.21. The van der Waals surface area contributed by atoms with Crippen molar-refractivity contribution in [2.24, 2.45) is 24.6 Å². The summed E-state index contributed by atoms with van der Waals surface area (Å²) in [6.07, 6.45) is 7.79. The van der Waals surface area contributed by atoms with E-state index in [-0.39, 0.29) is 24.6 Å². The number of benzene rings is 1. The van der Waals surface area contributed by atoms with E-state index in [4.69, 9.17) is 20.4 Å². The second-order valence-electron chi connectivity index (χ2n) is 12.5. The molecule has 0 spiro atoms. The lowest BCUT2D eigenvalue weighted by molar-refractivity contribution is 0.0700. The molecular formula is C33H36N8O3. The number of fused-ring (bicyclic) bond motifs is 4. The highest BCUT2D eigenvalue weighted by Gasteiger charge is 2.47. The quantitative estimate of drug-likeness (QED) is 0.244. The van der Waals surface area contributed by atoms with Crippen LogP contribution in [0.4, 0.5) is 11.5 Å². The Morgan fingerprint density at radius 3 is 2.73 bits per heavy atom. The fourth-order valence-corrected chi connectivity index (χ4v) is 7.21. The number of amides is 1. The van der Waals surface area contributed by atoms with Gasteiger partial charge in [-0.05, 0) is 73.9 Å². The fourth-order valence-electron chi connectivity index (χ4n) is 7.21. The summed E-state index contributed by atoms with van der Waals surface area (Å²) >= 11 is 0. The zero-order valence-corrected chi connectivity index (χ0v) is 24.9. The number of rotatable bonds is 8. The van der Waals surface area contributed by atoms with Gasteiger partial charge < -0.3 is 34.9 Å². The maximum atomic E-state index is 13.7. The van der Waals surface area contributed by atoms with Gasteiger partial charge in [-0.3, -0.25) is 9.78 Å². The van der Waals surface area contributed by atoms with Crippen molar-refractivity contribution in [1.82, 2.24) is 29.0 Å². The summed E-state index contributed by atoms with van der Waals surface area (Å²) in [7, 11) is 3.63. The third-order valence-corrected chi connectivity index (χ3v) is 9.76. The minimum Gasteiger partial charge on any atom is -0.494 e. The van der Waals surface area contributed by atoms with Crippen molar-refractivity contribution >= 4 is 39.5 Å². The van der Waals surface area contributed by atoms with E-state index in [1.807, 2.05) is 36.2 Å². The Hall–Kier alpha value is -4.48. The van der Waals surface area contributed by atoms with Gasteiger partial charge in [-0.2, -0.15) is 0 Å². The Bertz CT molecular complexity index is 1930. The molecule has 3 atom stereocenters. The van der Waals surface area contributed by atoms with E-state index in [1.54, 1.807) is 19.5 Å². The molecule has 3 fully saturated rings. The number of hydrogen-bond acceptors (Lipinski definition) is 8. The summed E-state index contributed by atoms with van der Waals surface area (Å²) in [6.45, 7) is 1.44. The van der Waals surface area contributed by atoms with Crippen molar-refractivity contribution in [2.75, 3.05) is 19.0 Å². The molecule has 5 aromatic rings. The number of nitrogens with two attached hydrogens (primary N) is 1. The van der Waals surface area contributed by atoms with E-state index in [9.17, 15) is 9.90 Å². The maximum Gasteiger partial charge on any atom is 0.254 e. The number of imidazole rings is 1. The number of nitrogens with zero attached hydrogens (tertiary/aromatic N) is 6. The van der Waals surface area contributed by atoms with Crippen LogP contribution in [0.15, 0.2) is 48.8 Å². The highest BCUT2D eigenvalue weighted by atomic mass is 16.5. The highest BCUT2D eigenvalue weighted by Crippen LogP contribution is 2.40. The Kier molecular flexibility index (Phi) is 6.35. The zero-order valence-electron chi connectivity index (χ0n) is 24.9. The molecule has 11 heteroatoms. The normalized spacial score (nSPS) is 21.1. The van der Waals surface area contributed by atoms with E-state index >= 15 is 0 Å². The van der Waals surface area contributed by atoms with Crippen molar-refractivity contribution in [3.63, 3.8) is 0 Å². The molecule has 5 heterocycles. The number of ether oxygens (including phenoxy) is 1. The van der Waals surface area contributed by atoms with Crippen LogP contribution < -0.4 is 15.8 Å². The lowest BCUT2D eigenvalue weighted by Gasteiger charge is -2.27. The second kappa shape index (κ2) is 10.3. The first kappa shape index (κ1) is 27.1. The Morgan fingerprint density at radius 1 is 1.14 bits per heavy atom. The van der Waals surface area contributed by atoms with Crippen LogP contribution in [0.1, 0.15) is 41.6 Å². The minimum absolute atomic E-state index is 0.00863. The topological polar surface area (TPSA) is 136 Å².